The third-order valence-corrected chi connectivity index (χ3v) is 6.73. The maximum absolute atomic E-state index is 12.7. The Hall–Kier alpha value is -2.23. The van der Waals surface area contributed by atoms with Crippen LogP contribution in [0, 0.1) is 5.92 Å². The minimum atomic E-state index is -0.654. The van der Waals surface area contributed by atoms with Gasteiger partial charge < -0.3 is 5.32 Å². The summed E-state index contributed by atoms with van der Waals surface area (Å²) < 4.78 is 0.780. The molecule has 3 rings (SSSR count). The molecule has 146 valence electrons. The zero-order chi connectivity index (χ0) is 19.9. The molecule has 1 atom stereocenters. The summed E-state index contributed by atoms with van der Waals surface area (Å²) in [5.41, 5.74) is 1.20. The fourth-order valence-electron chi connectivity index (χ4n) is 2.38. The highest BCUT2D eigenvalue weighted by atomic mass is 32.2. The van der Waals surface area contributed by atoms with E-state index in [4.69, 9.17) is 0 Å². The molecular weight excluding hydrogens is 412 g/mol. The first-order valence-corrected chi connectivity index (χ1v) is 11.4. The molecule has 1 aromatic carbocycles. The molecule has 2 amide bonds. The molecule has 0 spiro atoms. The number of aromatic nitrogens is 2. The molecule has 2 aromatic heterocycles. The van der Waals surface area contributed by atoms with E-state index in [0.717, 1.165) is 10.1 Å². The molecule has 0 saturated carbocycles. The Morgan fingerprint density at radius 1 is 1.11 bits per heavy atom. The number of hydrogen-bond donors (Lipinski definition) is 2. The maximum Gasteiger partial charge on any atom is 0.262 e. The number of amides is 2. The van der Waals surface area contributed by atoms with E-state index >= 15 is 0 Å². The molecule has 1 unspecified atom stereocenters. The lowest BCUT2D eigenvalue weighted by Gasteiger charge is -2.20. The van der Waals surface area contributed by atoms with Crippen molar-refractivity contribution in [3.63, 3.8) is 0 Å². The summed E-state index contributed by atoms with van der Waals surface area (Å²) in [7, 11) is 0. The number of hydrogen-bond acceptors (Lipinski definition) is 7. The molecule has 0 radical (unpaired) electrons. The van der Waals surface area contributed by atoms with Crippen LogP contribution in [0.1, 0.15) is 29.1 Å². The van der Waals surface area contributed by atoms with Gasteiger partial charge >= 0.3 is 0 Å². The van der Waals surface area contributed by atoms with Gasteiger partial charge in [0, 0.05) is 5.75 Å². The zero-order valence-corrected chi connectivity index (χ0v) is 17.9. The van der Waals surface area contributed by atoms with Gasteiger partial charge in [-0.05, 0) is 22.9 Å². The average Bonchev–Trinajstić information content (AvgIpc) is 3.37. The van der Waals surface area contributed by atoms with E-state index < -0.39 is 6.04 Å². The molecule has 3 aromatic rings. The number of thiophene rings is 1. The van der Waals surface area contributed by atoms with Gasteiger partial charge in [0.15, 0.2) is 4.34 Å². The van der Waals surface area contributed by atoms with E-state index in [1.54, 1.807) is 23.9 Å². The third kappa shape index (κ3) is 5.63. The largest absolute Gasteiger partial charge is 0.339 e. The Morgan fingerprint density at radius 3 is 2.57 bits per heavy atom. The van der Waals surface area contributed by atoms with Gasteiger partial charge in [-0.3, -0.25) is 14.9 Å². The van der Waals surface area contributed by atoms with Crippen molar-refractivity contribution in [1.29, 1.82) is 0 Å². The number of nitrogens with one attached hydrogen (secondary N) is 2. The number of anilines is 1. The summed E-state index contributed by atoms with van der Waals surface area (Å²) >= 11 is 4.24. The average molecular weight is 433 g/mol. The van der Waals surface area contributed by atoms with Crippen LogP contribution in [-0.2, 0) is 10.5 Å². The van der Waals surface area contributed by atoms with E-state index in [1.165, 1.54) is 28.2 Å². The second-order valence-corrected chi connectivity index (χ2v) is 9.46. The van der Waals surface area contributed by atoms with E-state index in [9.17, 15) is 9.59 Å². The van der Waals surface area contributed by atoms with Crippen molar-refractivity contribution in [2.24, 2.45) is 5.92 Å². The first-order valence-electron chi connectivity index (χ1n) is 8.68. The summed E-state index contributed by atoms with van der Waals surface area (Å²) in [6, 6.07) is 13.0. The number of carbonyl (C=O) groups excluding carboxylic acids is 2. The van der Waals surface area contributed by atoms with Crippen LogP contribution in [0.25, 0.3) is 0 Å². The number of rotatable bonds is 8. The maximum atomic E-state index is 12.7. The number of carbonyl (C=O) groups is 2. The van der Waals surface area contributed by atoms with Crippen molar-refractivity contribution in [1.82, 2.24) is 15.5 Å². The van der Waals surface area contributed by atoms with Crippen molar-refractivity contribution < 1.29 is 9.59 Å². The SMILES string of the molecule is CC(C)C(NC(=O)c1cccs1)C(=O)Nc1nnc(SCc2ccccc2)s1. The van der Waals surface area contributed by atoms with E-state index in [2.05, 4.69) is 33.0 Å². The van der Waals surface area contributed by atoms with Gasteiger partial charge in [0.05, 0.1) is 4.88 Å². The summed E-state index contributed by atoms with van der Waals surface area (Å²) in [6.07, 6.45) is 0. The van der Waals surface area contributed by atoms with E-state index in [0.29, 0.717) is 10.0 Å². The normalized spacial score (nSPS) is 12.0. The highest BCUT2D eigenvalue weighted by Crippen LogP contribution is 2.28. The van der Waals surface area contributed by atoms with Gasteiger partial charge in [0.1, 0.15) is 6.04 Å². The molecule has 0 bridgehead atoms. The lowest BCUT2D eigenvalue weighted by Crippen LogP contribution is -2.46. The third-order valence-electron chi connectivity index (χ3n) is 3.82. The van der Waals surface area contributed by atoms with Crippen LogP contribution in [-0.4, -0.2) is 28.1 Å². The van der Waals surface area contributed by atoms with Crippen LogP contribution < -0.4 is 10.6 Å². The van der Waals surface area contributed by atoms with Crippen LogP contribution in [0.2, 0.25) is 0 Å². The Bertz CT molecular complexity index is 910. The van der Waals surface area contributed by atoms with Gasteiger partial charge in [-0.2, -0.15) is 0 Å². The molecule has 28 heavy (non-hydrogen) atoms. The topological polar surface area (TPSA) is 84.0 Å². The predicted molar refractivity (Wildman–Crippen MR) is 115 cm³/mol. The molecule has 2 heterocycles. The van der Waals surface area contributed by atoms with E-state index in [1.807, 2.05) is 37.4 Å². The van der Waals surface area contributed by atoms with Gasteiger partial charge in [0.2, 0.25) is 11.0 Å². The molecule has 0 aliphatic rings. The summed E-state index contributed by atoms with van der Waals surface area (Å²) in [4.78, 5) is 25.5. The molecular formula is C19H20N4O2S3. The fourth-order valence-corrected chi connectivity index (χ4v) is 4.71. The Balaban J connectivity index is 1.57. The van der Waals surface area contributed by atoms with Crippen molar-refractivity contribution >= 4 is 51.4 Å². The molecule has 0 aliphatic carbocycles. The van der Waals surface area contributed by atoms with Crippen molar-refractivity contribution in [2.75, 3.05) is 5.32 Å². The molecule has 0 saturated heterocycles. The zero-order valence-electron chi connectivity index (χ0n) is 15.4. The van der Waals surface area contributed by atoms with Gasteiger partial charge in [-0.25, -0.2) is 0 Å². The second-order valence-electron chi connectivity index (χ2n) is 6.31. The predicted octanol–water partition coefficient (Wildman–Crippen LogP) is 4.29. The Morgan fingerprint density at radius 2 is 1.89 bits per heavy atom. The minimum absolute atomic E-state index is 0.0660. The first-order chi connectivity index (χ1) is 13.5. The highest BCUT2D eigenvalue weighted by Gasteiger charge is 2.26. The number of thioether (sulfide) groups is 1. The number of benzene rings is 1. The monoisotopic (exact) mass is 432 g/mol. The quantitative estimate of drug-likeness (QED) is 0.410. The molecule has 2 N–H and O–H groups in total. The Labute approximate surface area is 175 Å². The molecule has 9 heteroatoms. The van der Waals surface area contributed by atoms with Crippen LogP contribution in [0.15, 0.2) is 52.2 Å². The second kappa shape index (κ2) is 9.81. The van der Waals surface area contributed by atoms with Crippen LogP contribution >= 0.6 is 34.4 Å². The molecule has 0 aliphatic heterocycles. The summed E-state index contributed by atoms with van der Waals surface area (Å²) in [5, 5.41) is 16.0. The van der Waals surface area contributed by atoms with Crippen LogP contribution in [0.4, 0.5) is 5.13 Å². The summed E-state index contributed by atoms with van der Waals surface area (Å²) in [6.45, 7) is 3.78. The highest BCUT2D eigenvalue weighted by molar-refractivity contribution is 8.00. The van der Waals surface area contributed by atoms with Gasteiger partial charge in [-0.1, -0.05) is 73.3 Å². The summed E-state index contributed by atoms with van der Waals surface area (Å²) in [5.74, 6) is 0.175. The number of nitrogens with zero attached hydrogens (tertiary/aromatic N) is 2. The van der Waals surface area contributed by atoms with Crippen molar-refractivity contribution in [3.8, 4) is 0 Å². The van der Waals surface area contributed by atoms with Gasteiger partial charge in [-0.15, -0.1) is 21.5 Å². The van der Waals surface area contributed by atoms with Crippen LogP contribution in [0.5, 0.6) is 0 Å². The molecule has 6 nitrogen and oxygen atoms in total. The van der Waals surface area contributed by atoms with E-state index in [-0.39, 0.29) is 17.7 Å². The fraction of sp³-hybridized carbons (Fsp3) is 0.263. The Kier molecular flexibility index (Phi) is 7.18. The molecule has 0 fully saturated rings. The van der Waals surface area contributed by atoms with Crippen LogP contribution in [0.3, 0.4) is 0 Å². The van der Waals surface area contributed by atoms with Gasteiger partial charge in [0.25, 0.3) is 5.91 Å². The lowest BCUT2D eigenvalue weighted by atomic mass is 10.0. The first kappa shape index (κ1) is 20.5. The lowest BCUT2D eigenvalue weighted by molar-refractivity contribution is -0.118. The standard InChI is InChI=1S/C19H20N4O2S3/c1-12(2)15(20-16(24)14-9-6-10-26-14)17(25)21-18-22-23-19(28-18)27-11-13-7-4-3-5-8-13/h3-10,12,15H,11H2,1-2H3,(H,20,24)(H,21,22,25). The van der Waals surface area contributed by atoms with Crippen molar-refractivity contribution in [3.05, 3.63) is 58.3 Å². The minimum Gasteiger partial charge on any atom is -0.339 e. The smallest absolute Gasteiger partial charge is 0.262 e. The van der Waals surface area contributed by atoms with Crippen molar-refractivity contribution in [2.45, 2.75) is 30.0 Å².